The zero-order chi connectivity index (χ0) is 15.9. The molecule has 0 saturated heterocycles. The van der Waals surface area contributed by atoms with Crippen molar-refractivity contribution in [3.05, 3.63) is 70.8 Å². The van der Waals surface area contributed by atoms with Gasteiger partial charge < -0.3 is 4.74 Å². The van der Waals surface area contributed by atoms with Gasteiger partial charge in [0.2, 0.25) is 0 Å². The van der Waals surface area contributed by atoms with E-state index in [0.717, 1.165) is 0 Å². The SMILES string of the molecule is N#CC(C#N)=Cc1ccc(OCc2c(F)cccc2F)cc1. The van der Waals surface area contributed by atoms with Gasteiger partial charge >= 0.3 is 0 Å². The van der Waals surface area contributed by atoms with Crippen molar-refractivity contribution in [3.8, 4) is 17.9 Å². The molecule has 0 amide bonds. The molecule has 0 spiro atoms. The molecule has 0 heterocycles. The number of rotatable bonds is 4. The van der Waals surface area contributed by atoms with Gasteiger partial charge in [-0.1, -0.05) is 18.2 Å². The van der Waals surface area contributed by atoms with Gasteiger partial charge in [-0.2, -0.15) is 10.5 Å². The second-order valence-electron chi connectivity index (χ2n) is 4.34. The van der Waals surface area contributed by atoms with Gasteiger partial charge in [-0.15, -0.1) is 0 Å². The van der Waals surface area contributed by atoms with E-state index >= 15 is 0 Å². The number of benzene rings is 2. The second-order valence-corrected chi connectivity index (χ2v) is 4.34. The van der Waals surface area contributed by atoms with Gasteiger partial charge in [-0.3, -0.25) is 0 Å². The summed E-state index contributed by atoms with van der Waals surface area (Å²) in [7, 11) is 0. The molecule has 0 aromatic heterocycles. The molecule has 108 valence electrons. The monoisotopic (exact) mass is 296 g/mol. The number of allylic oxidation sites excluding steroid dienone is 1. The van der Waals surface area contributed by atoms with Crippen molar-refractivity contribution in [3.63, 3.8) is 0 Å². The van der Waals surface area contributed by atoms with Crippen molar-refractivity contribution in [1.29, 1.82) is 10.5 Å². The topological polar surface area (TPSA) is 56.8 Å². The summed E-state index contributed by atoms with van der Waals surface area (Å²) in [5, 5.41) is 17.3. The molecule has 0 unspecified atom stereocenters. The Balaban J connectivity index is 2.08. The summed E-state index contributed by atoms with van der Waals surface area (Å²) >= 11 is 0. The first kappa shape index (κ1) is 15.2. The largest absolute Gasteiger partial charge is 0.489 e. The fraction of sp³-hybridized carbons (Fsp3) is 0.0588. The smallest absolute Gasteiger partial charge is 0.132 e. The van der Waals surface area contributed by atoms with Crippen molar-refractivity contribution < 1.29 is 13.5 Å². The van der Waals surface area contributed by atoms with Gasteiger partial charge in [-0.05, 0) is 35.9 Å². The van der Waals surface area contributed by atoms with E-state index in [1.54, 1.807) is 36.4 Å². The molecule has 0 radical (unpaired) electrons. The van der Waals surface area contributed by atoms with Crippen LogP contribution in [0.15, 0.2) is 48.0 Å². The van der Waals surface area contributed by atoms with Crippen LogP contribution < -0.4 is 4.74 Å². The molecule has 2 aromatic rings. The zero-order valence-electron chi connectivity index (χ0n) is 11.4. The minimum absolute atomic E-state index is 0.0119. The molecule has 2 aromatic carbocycles. The van der Waals surface area contributed by atoms with E-state index in [1.807, 2.05) is 0 Å². The van der Waals surface area contributed by atoms with E-state index in [-0.39, 0.29) is 17.7 Å². The predicted molar refractivity (Wildman–Crippen MR) is 76.3 cm³/mol. The molecule has 0 saturated carbocycles. The van der Waals surface area contributed by atoms with Crippen molar-refractivity contribution in [2.45, 2.75) is 6.61 Å². The third-order valence-corrected chi connectivity index (χ3v) is 2.88. The summed E-state index contributed by atoms with van der Waals surface area (Å²) in [6.45, 7) is -0.227. The Morgan fingerprint density at radius 1 is 1.00 bits per heavy atom. The van der Waals surface area contributed by atoms with Crippen LogP contribution in [0.4, 0.5) is 8.78 Å². The van der Waals surface area contributed by atoms with Crippen LogP contribution in [0.25, 0.3) is 6.08 Å². The molecule has 22 heavy (non-hydrogen) atoms. The quantitative estimate of drug-likeness (QED) is 0.802. The molecule has 2 rings (SSSR count). The van der Waals surface area contributed by atoms with E-state index in [2.05, 4.69) is 0 Å². The average Bonchev–Trinajstić information content (AvgIpc) is 2.53. The van der Waals surface area contributed by atoms with Crippen LogP contribution in [0.5, 0.6) is 5.75 Å². The van der Waals surface area contributed by atoms with Crippen LogP contribution in [-0.2, 0) is 6.61 Å². The third kappa shape index (κ3) is 3.68. The Hall–Kier alpha value is -3.18. The standard InChI is InChI=1S/C17H10F2N2O/c18-16-2-1-3-17(19)15(16)11-22-14-6-4-12(5-7-14)8-13(9-20)10-21/h1-8H,11H2. The summed E-state index contributed by atoms with van der Waals surface area (Å²) in [6, 6.07) is 13.6. The number of nitrogens with zero attached hydrogens (tertiary/aromatic N) is 2. The van der Waals surface area contributed by atoms with Crippen molar-refractivity contribution in [2.24, 2.45) is 0 Å². The van der Waals surface area contributed by atoms with Crippen molar-refractivity contribution >= 4 is 6.08 Å². The number of nitriles is 2. The first-order chi connectivity index (χ1) is 10.6. The summed E-state index contributed by atoms with van der Waals surface area (Å²) in [4.78, 5) is 0. The molecule has 0 fully saturated rings. The fourth-order valence-electron chi connectivity index (χ4n) is 1.74. The molecule has 0 bridgehead atoms. The molecule has 3 nitrogen and oxygen atoms in total. The predicted octanol–water partition coefficient (Wildman–Crippen LogP) is 3.97. The Kier molecular flexibility index (Phi) is 4.85. The number of halogens is 2. The van der Waals surface area contributed by atoms with Gasteiger partial charge in [0.1, 0.15) is 41.7 Å². The Morgan fingerprint density at radius 3 is 2.14 bits per heavy atom. The van der Waals surface area contributed by atoms with Crippen LogP contribution in [0.2, 0.25) is 0 Å². The first-order valence-electron chi connectivity index (χ1n) is 6.31. The number of ether oxygens (including phenoxy) is 1. The Labute approximate surface area is 126 Å². The maximum absolute atomic E-state index is 13.4. The first-order valence-corrected chi connectivity index (χ1v) is 6.31. The molecule has 0 atom stereocenters. The number of hydrogen-bond acceptors (Lipinski definition) is 3. The fourth-order valence-corrected chi connectivity index (χ4v) is 1.74. The molecule has 0 aliphatic rings. The van der Waals surface area contributed by atoms with Gasteiger partial charge in [0.15, 0.2) is 0 Å². The van der Waals surface area contributed by atoms with Crippen LogP contribution in [-0.4, -0.2) is 0 Å². The summed E-state index contributed by atoms with van der Waals surface area (Å²) in [6.07, 6.45) is 1.43. The summed E-state index contributed by atoms with van der Waals surface area (Å²) in [5.41, 5.74) is 0.507. The van der Waals surface area contributed by atoms with E-state index in [0.29, 0.717) is 11.3 Å². The van der Waals surface area contributed by atoms with Crippen molar-refractivity contribution in [1.82, 2.24) is 0 Å². The normalized spacial score (nSPS) is 9.45. The lowest BCUT2D eigenvalue weighted by Gasteiger charge is -2.08. The van der Waals surface area contributed by atoms with E-state index in [9.17, 15) is 8.78 Å². The highest BCUT2D eigenvalue weighted by Crippen LogP contribution is 2.18. The van der Waals surface area contributed by atoms with Crippen LogP contribution in [0, 0.1) is 34.3 Å². The lowest BCUT2D eigenvalue weighted by atomic mass is 10.1. The maximum Gasteiger partial charge on any atom is 0.132 e. The Bertz CT molecular complexity index is 748. The zero-order valence-corrected chi connectivity index (χ0v) is 11.4. The number of hydrogen-bond donors (Lipinski definition) is 0. The highest BCUT2D eigenvalue weighted by molar-refractivity contribution is 5.62. The van der Waals surface area contributed by atoms with Crippen molar-refractivity contribution in [2.75, 3.05) is 0 Å². The molecular weight excluding hydrogens is 286 g/mol. The van der Waals surface area contributed by atoms with E-state index in [4.69, 9.17) is 15.3 Å². The Morgan fingerprint density at radius 2 is 1.59 bits per heavy atom. The lowest BCUT2D eigenvalue weighted by Crippen LogP contribution is -2.01. The second kappa shape index (κ2) is 7.01. The average molecular weight is 296 g/mol. The lowest BCUT2D eigenvalue weighted by molar-refractivity contribution is 0.292. The minimum atomic E-state index is -0.660. The van der Waals surface area contributed by atoms with Gasteiger partial charge in [0.25, 0.3) is 0 Å². The molecule has 5 heteroatoms. The van der Waals surface area contributed by atoms with Gasteiger partial charge in [0.05, 0.1) is 5.56 Å². The maximum atomic E-state index is 13.4. The van der Waals surface area contributed by atoms with Crippen LogP contribution in [0.1, 0.15) is 11.1 Å². The van der Waals surface area contributed by atoms with Crippen LogP contribution >= 0.6 is 0 Å². The molecular formula is C17H10F2N2O. The minimum Gasteiger partial charge on any atom is -0.489 e. The summed E-state index contributed by atoms with van der Waals surface area (Å²) < 4.78 is 32.2. The van der Waals surface area contributed by atoms with E-state index in [1.165, 1.54) is 24.3 Å². The summed E-state index contributed by atoms with van der Waals surface area (Å²) in [5.74, 6) is -0.894. The molecule has 0 aliphatic heterocycles. The van der Waals surface area contributed by atoms with Gasteiger partial charge in [-0.25, -0.2) is 8.78 Å². The highest BCUT2D eigenvalue weighted by atomic mass is 19.1. The van der Waals surface area contributed by atoms with Crippen LogP contribution in [0.3, 0.4) is 0 Å². The highest BCUT2D eigenvalue weighted by Gasteiger charge is 2.08. The van der Waals surface area contributed by atoms with Gasteiger partial charge in [0, 0.05) is 0 Å². The van der Waals surface area contributed by atoms with E-state index < -0.39 is 11.6 Å². The molecule has 0 aliphatic carbocycles. The molecule has 0 N–H and O–H groups in total. The third-order valence-electron chi connectivity index (χ3n) is 2.88.